The number of aromatic carboxylic acids is 1. The minimum atomic E-state index is -0.939. The molecular weight excluding hydrogens is 524 g/mol. The Labute approximate surface area is 169 Å². The van der Waals surface area contributed by atoms with Gasteiger partial charge in [0, 0.05) is 5.56 Å². The Morgan fingerprint density at radius 1 is 1.08 bits per heavy atom. The molecule has 3 aromatic rings. The number of carboxylic acid groups (broad SMARTS) is 1. The predicted octanol–water partition coefficient (Wildman–Crippen LogP) is 5.58. The summed E-state index contributed by atoms with van der Waals surface area (Å²) in [7, 11) is 2.41. The van der Waals surface area contributed by atoms with Gasteiger partial charge in [-0.3, -0.25) is 0 Å². The topological polar surface area (TPSA) is 51.4 Å². The zero-order chi connectivity index (χ0) is 17.6. The van der Waals surface area contributed by atoms with Gasteiger partial charge in [0.05, 0.1) is 13.5 Å². The molecule has 2 aromatic carbocycles. The van der Waals surface area contributed by atoms with Gasteiger partial charge >= 0.3 is 27.0 Å². The molecule has 0 radical (unpaired) electrons. The average Bonchev–Trinajstić information content (AvgIpc) is 2.68. The summed E-state index contributed by atoms with van der Waals surface area (Å²) in [6.07, 6.45) is 2.39. The normalized spacial score (nSPS) is 11.3. The fraction of sp³-hybridized carbons (Fsp3) is 0.143. The van der Waals surface area contributed by atoms with Crippen LogP contribution in [0, 0.1) is 6.07 Å². The Hall–Kier alpha value is -1.95. The van der Waals surface area contributed by atoms with Crippen molar-refractivity contribution < 1.29 is 31.0 Å². The van der Waals surface area contributed by atoms with Gasteiger partial charge in [-0.15, -0.1) is 42.6 Å². The largest absolute Gasteiger partial charge is 2.00 e. The predicted molar refractivity (Wildman–Crippen MR) is 104 cm³/mol. The van der Waals surface area contributed by atoms with Crippen molar-refractivity contribution in [3.05, 3.63) is 88.5 Å². The molecule has 0 amide bonds. The molecule has 0 saturated carbocycles. The first kappa shape index (κ1) is 20.4. The van der Waals surface area contributed by atoms with Crippen LogP contribution in [-0.4, -0.2) is 18.1 Å². The van der Waals surface area contributed by atoms with Crippen molar-refractivity contribution in [2.75, 3.05) is 7.05 Å². The summed E-state index contributed by atoms with van der Waals surface area (Å²) in [5.74, 6) is 1.32. The van der Waals surface area contributed by atoms with Crippen molar-refractivity contribution in [2.24, 2.45) is 0 Å². The van der Waals surface area contributed by atoms with Gasteiger partial charge in [0.2, 0.25) is 0 Å². The van der Waals surface area contributed by atoms with E-state index in [1.54, 1.807) is 25.2 Å². The third kappa shape index (κ3) is 4.61. The van der Waals surface area contributed by atoms with E-state index in [2.05, 4.69) is 41.4 Å². The van der Waals surface area contributed by atoms with Gasteiger partial charge in [-0.2, -0.15) is 0 Å². The van der Waals surface area contributed by atoms with E-state index in [-0.39, 0.29) is 26.6 Å². The van der Waals surface area contributed by atoms with Crippen LogP contribution in [0.2, 0.25) is 0 Å². The molecule has 1 N–H and O–H groups in total. The number of hydrogen-bond donors (Lipinski definition) is 1. The van der Waals surface area contributed by atoms with Crippen LogP contribution in [0.5, 0.6) is 0 Å². The van der Waals surface area contributed by atoms with Crippen LogP contribution in [0.1, 0.15) is 21.5 Å². The molecule has 1 atom stereocenters. The maximum absolute atomic E-state index is 10.5. The van der Waals surface area contributed by atoms with Crippen molar-refractivity contribution in [3.8, 4) is 10.9 Å². The first-order valence-electron chi connectivity index (χ1n) is 8.12. The number of hydrogen-bond acceptors (Lipinski definition) is 1. The SMILES string of the molecule is C[N-]c1ccccc1C(=O)O.[Pt+2].[c-]1cccc2c1-c1[pH+]cccc1CC2. The number of aryl methyl sites for hydroxylation is 2. The van der Waals surface area contributed by atoms with Gasteiger partial charge < -0.3 is 10.4 Å². The fourth-order valence-electron chi connectivity index (χ4n) is 2.94. The van der Waals surface area contributed by atoms with Crippen LogP contribution in [0.15, 0.2) is 60.4 Å². The minimum Gasteiger partial charge on any atom is -0.686 e. The summed E-state index contributed by atoms with van der Waals surface area (Å²) in [6, 6.07) is 20.8. The van der Waals surface area contributed by atoms with Gasteiger partial charge in [0.25, 0.3) is 0 Å². The van der Waals surface area contributed by atoms with Gasteiger partial charge in [0.15, 0.2) is 0 Å². The summed E-state index contributed by atoms with van der Waals surface area (Å²) in [5, 5.41) is 14.0. The molecule has 26 heavy (non-hydrogen) atoms. The smallest absolute Gasteiger partial charge is 0.686 e. The van der Waals surface area contributed by atoms with Crippen molar-refractivity contribution in [3.63, 3.8) is 0 Å². The molecule has 1 unspecified atom stereocenters. The number of para-hydroxylation sites is 1. The van der Waals surface area contributed by atoms with Crippen LogP contribution in [-0.2, 0) is 33.9 Å². The Bertz CT molecular complexity index is 853. The van der Waals surface area contributed by atoms with E-state index in [1.807, 2.05) is 6.07 Å². The average molecular weight is 543 g/mol. The van der Waals surface area contributed by atoms with E-state index in [9.17, 15) is 4.79 Å². The number of carbonyl (C=O) groups is 1. The molecule has 3 nitrogen and oxygen atoms in total. The Kier molecular flexibility index (Phi) is 7.57. The second kappa shape index (κ2) is 9.66. The second-order valence-electron chi connectivity index (χ2n) is 5.69. The Morgan fingerprint density at radius 2 is 1.81 bits per heavy atom. The third-order valence-electron chi connectivity index (χ3n) is 4.17. The summed E-state index contributed by atoms with van der Waals surface area (Å²) in [5.41, 5.74) is 5.13. The molecule has 0 aliphatic heterocycles. The van der Waals surface area contributed by atoms with Crippen LogP contribution in [0.4, 0.5) is 5.69 Å². The Balaban J connectivity index is 0.000000186. The molecule has 1 aromatic heterocycles. The second-order valence-corrected chi connectivity index (χ2v) is 6.81. The first-order chi connectivity index (χ1) is 12.2. The zero-order valence-electron chi connectivity index (χ0n) is 14.3. The molecule has 134 valence electrons. The first-order valence-corrected chi connectivity index (χ1v) is 9.20. The maximum Gasteiger partial charge on any atom is 2.00 e. The van der Waals surface area contributed by atoms with Crippen molar-refractivity contribution >= 4 is 19.8 Å². The maximum atomic E-state index is 10.5. The molecule has 4 rings (SSSR count). The van der Waals surface area contributed by atoms with Crippen molar-refractivity contribution in [2.45, 2.75) is 12.8 Å². The van der Waals surface area contributed by atoms with Gasteiger partial charge in [-0.05, 0) is 24.1 Å². The quantitative estimate of drug-likeness (QED) is 0.429. The van der Waals surface area contributed by atoms with Gasteiger partial charge in [-0.1, -0.05) is 36.2 Å². The van der Waals surface area contributed by atoms with E-state index in [1.165, 1.54) is 40.9 Å². The van der Waals surface area contributed by atoms with E-state index in [0.29, 0.717) is 5.69 Å². The number of benzene rings is 2. The Morgan fingerprint density at radius 3 is 2.54 bits per heavy atom. The van der Waals surface area contributed by atoms with Crippen molar-refractivity contribution in [1.82, 2.24) is 0 Å². The van der Waals surface area contributed by atoms with Crippen LogP contribution < -0.4 is 0 Å². The van der Waals surface area contributed by atoms with Crippen molar-refractivity contribution in [1.29, 1.82) is 0 Å². The zero-order valence-corrected chi connectivity index (χ0v) is 17.6. The minimum absolute atomic E-state index is 0. The molecule has 0 spiro atoms. The molecule has 0 fully saturated rings. The standard InChI is InChI=1S/C13H10P.C8H8NO2.Pt/c1-2-6-12-10(4-1)7-8-11-5-3-9-14-13(11)12;1-9-7-5-3-2-4-6(7)8(10)11;/h1-5,9H,7-8H2;2-5H,1H3,(H,10,11);/q2*-1;+2/p+1. The van der Waals surface area contributed by atoms with E-state index in [4.69, 9.17) is 5.11 Å². The number of nitrogens with zero attached hydrogens (tertiary/aromatic N) is 1. The van der Waals surface area contributed by atoms with Gasteiger partial charge in [-0.25, -0.2) is 4.79 Å². The third-order valence-corrected chi connectivity index (χ3v) is 5.39. The van der Waals surface area contributed by atoms with E-state index >= 15 is 0 Å². The monoisotopic (exact) mass is 543 g/mol. The molecule has 0 saturated heterocycles. The number of carboxylic acids is 1. The summed E-state index contributed by atoms with van der Waals surface area (Å²) >= 11 is 0. The molecule has 1 aliphatic rings. The summed E-state index contributed by atoms with van der Waals surface area (Å²) < 4.78 is 0. The summed E-state index contributed by atoms with van der Waals surface area (Å²) in [4.78, 5) is 10.5. The van der Waals surface area contributed by atoms with Crippen LogP contribution in [0.25, 0.3) is 16.2 Å². The van der Waals surface area contributed by atoms with E-state index < -0.39 is 5.97 Å². The number of fused-ring (bicyclic) bond motifs is 3. The molecular formula is C21H19NO2PPt+. The van der Waals surface area contributed by atoms with Crippen LogP contribution in [0.3, 0.4) is 0 Å². The molecule has 1 heterocycles. The molecule has 1 aliphatic carbocycles. The van der Waals surface area contributed by atoms with Crippen LogP contribution >= 0.6 is 8.19 Å². The fourth-order valence-corrected chi connectivity index (χ4v) is 4.07. The number of rotatable bonds is 2. The van der Waals surface area contributed by atoms with Gasteiger partial charge in [0.1, 0.15) is 5.80 Å². The molecule has 0 bridgehead atoms. The molecule has 5 heteroatoms. The van der Waals surface area contributed by atoms with E-state index in [0.717, 1.165) is 8.19 Å². The summed E-state index contributed by atoms with van der Waals surface area (Å²) in [6.45, 7) is 0.